The average molecular weight is 334 g/mol. The van der Waals surface area contributed by atoms with Crippen molar-refractivity contribution in [2.24, 2.45) is 0 Å². The zero-order chi connectivity index (χ0) is 17.2. The number of anilines is 1. The molecule has 5 nitrogen and oxygen atoms in total. The van der Waals surface area contributed by atoms with E-state index in [1.807, 2.05) is 0 Å². The van der Waals surface area contributed by atoms with Gasteiger partial charge >= 0.3 is 6.18 Å². The molecule has 3 aromatic rings. The van der Waals surface area contributed by atoms with Crippen molar-refractivity contribution in [3.8, 4) is 0 Å². The van der Waals surface area contributed by atoms with Gasteiger partial charge in [-0.3, -0.25) is 4.98 Å². The number of nitrogens with one attached hydrogen (secondary N) is 1. The minimum absolute atomic E-state index is 0.195. The largest absolute Gasteiger partial charge is 0.423 e. The summed E-state index contributed by atoms with van der Waals surface area (Å²) in [7, 11) is 0. The number of rotatable bonds is 4. The van der Waals surface area contributed by atoms with Crippen LogP contribution in [0.4, 0.5) is 19.0 Å². The first-order valence-corrected chi connectivity index (χ1v) is 7.05. The summed E-state index contributed by atoms with van der Waals surface area (Å²) in [6.07, 6.45) is -0.660. The van der Waals surface area contributed by atoms with E-state index in [1.54, 1.807) is 12.1 Å². The Bertz CT molecular complexity index is 836. The van der Waals surface area contributed by atoms with Crippen molar-refractivity contribution in [1.29, 1.82) is 0 Å². The van der Waals surface area contributed by atoms with Gasteiger partial charge in [-0.2, -0.15) is 13.2 Å². The van der Waals surface area contributed by atoms with Crippen LogP contribution in [-0.4, -0.2) is 32.8 Å². The first-order valence-electron chi connectivity index (χ1n) is 7.05. The second-order valence-corrected chi connectivity index (χ2v) is 5.19. The molecule has 0 saturated heterocycles. The van der Waals surface area contributed by atoms with Crippen molar-refractivity contribution in [2.45, 2.75) is 11.8 Å². The van der Waals surface area contributed by atoms with Crippen molar-refractivity contribution < 1.29 is 18.3 Å². The maximum Gasteiger partial charge on any atom is 0.423 e. The number of benzene rings is 1. The molecule has 0 fully saturated rings. The molecule has 0 radical (unpaired) electrons. The number of hydrogen-bond donors (Lipinski definition) is 2. The molecule has 2 aromatic heterocycles. The van der Waals surface area contributed by atoms with Gasteiger partial charge < -0.3 is 10.4 Å². The van der Waals surface area contributed by atoms with Crippen LogP contribution in [0.2, 0.25) is 0 Å². The third-order valence-corrected chi connectivity index (χ3v) is 3.67. The number of alkyl halides is 3. The number of nitrogens with zero attached hydrogens (tertiary/aromatic N) is 3. The molecule has 0 aliphatic heterocycles. The third-order valence-electron chi connectivity index (χ3n) is 3.67. The van der Waals surface area contributed by atoms with E-state index in [9.17, 15) is 18.3 Å². The Labute approximate surface area is 135 Å². The number of aromatic nitrogens is 3. The van der Waals surface area contributed by atoms with Crippen LogP contribution in [0.5, 0.6) is 0 Å². The third kappa shape index (κ3) is 2.88. The summed E-state index contributed by atoms with van der Waals surface area (Å²) < 4.78 is 40.4. The molecule has 3 rings (SSSR count). The highest BCUT2D eigenvalue weighted by Crippen LogP contribution is 2.39. The standard InChI is InChI=1S/C16H13F3N4O/c17-16(18,19)15(24,11-4-2-1-3-5-11)9-21-14-12-6-7-20-8-13(12)22-10-23-14/h1-8,10,24H,9H2,(H,21,22,23). The van der Waals surface area contributed by atoms with Gasteiger partial charge in [0.2, 0.25) is 5.60 Å². The molecule has 0 aliphatic carbocycles. The average Bonchev–Trinajstić information content (AvgIpc) is 2.59. The van der Waals surface area contributed by atoms with Gasteiger partial charge in [-0.25, -0.2) is 9.97 Å². The number of aliphatic hydroxyl groups is 1. The first-order chi connectivity index (χ1) is 11.4. The van der Waals surface area contributed by atoms with E-state index in [0.29, 0.717) is 10.9 Å². The molecule has 1 aromatic carbocycles. The van der Waals surface area contributed by atoms with Gasteiger partial charge in [-0.1, -0.05) is 30.3 Å². The maximum atomic E-state index is 13.5. The summed E-state index contributed by atoms with van der Waals surface area (Å²) in [5.74, 6) is 0.195. The molecule has 0 spiro atoms. The second-order valence-electron chi connectivity index (χ2n) is 5.19. The molecular formula is C16H13F3N4O. The van der Waals surface area contributed by atoms with E-state index in [0.717, 1.165) is 0 Å². The van der Waals surface area contributed by atoms with Crippen molar-refractivity contribution in [2.75, 3.05) is 11.9 Å². The first kappa shape index (κ1) is 16.1. The molecule has 24 heavy (non-hydrogen) atoms. The van der Waals surface area contributed by atoms with Gasteiger partial charge in [-0.05, 0) is 11.6 Å². The number of halogens is 3. The Balaban J connectivity index is 1.95. The van der Waals surface area contributed by atoms with Gasteiger partial charge in [0, 0.05) is 11.6 Å². The molecule has 1 unspecified atom stereocenters. The smallest absolute Gasteiger partial charge is 0.375 e. The number of pyridine rings is 1. The Hall–Kier alpha value is -2.74. The van der Waals surface area contributed by atoms with E-state index in [4.69, 9.17) is 0 Å². The lowest BCUT2D eigenvalue weighted by Gasteiger charge is -2.31. The molecule has 2 N–H and O–H groups in total. The summed E-state index contributed by atoms with van der Waals surface area (Å²) in [4.78, 5) is 11.9. The van der Waals surface area contributed by atoms with E-state index >= 15 is 0 Å². The van der Waals surface area contributed by atoms with Gasteiger partial charge in [-0.15, -0.1) is 0 Å². The van der Waals surface area contributed by atoms with E-state index in [1.165, 1.54) is 43.0 Å². The molecule has 0 bridgehead atoms. The molecule has 2 heterocycles. The summed E-state index contributed by atoms with van der Waals surface area (Å²) in [5, 5.41) is 13.4. The highest BCUT2D eigenvalue weighted by molar-refractivity contribution is 5.87. The Morgan fingerprint density at radius 3 is 2.50 bits per heavy atom. The predicted molar refractivity (Wildman–Crippen MR) is 82.2 cm³/mol. The fourth-order valence-corrected chi connectivity index (χ4v) is 2.34. The van der Waals surface area contributed by atoms with Crippen molar-refractivity contribution >= 4 is 16.7 Å². The summed E-state index contributed by atoms with van der Waals surface area (Å²) in [6, 6.07) is 8.52. The molecule has 0 amide bonds. The Morgan fingerprint density at radius 1 is 1.04 bits per heavy atom. The van der Waals surface area contributed by atoms with Gasteiger partial charge in [0.1, 0.15) is 12.1 Å². The van der Waals surface area contributed by atoms with Crippen LogP contribution in [0.15, 0.2) is 55.1 Å². The summed E-state index contributed by atoms with van der Waals surface area (Å²) in [6.45, 7) is -0.783. The zero-order valence-corrected chi connectivity index (χ0v) is 12.3. The minimum atomic E-state index is -4.86. The van der Waals surface area contributed by atoms with E-state index < -0.39 is 18.3 Å². The molecule has 0 aliphatic rings. The van der Waals surface area contributed by atoms with E-state index in [-0.39, 0.29) is 11.4 Å². The summed E-state index contributed by atoms with van der Waals surface area (Å²) in [5.41, 5.74) is -2.80. The van der Waals surface area contributed by atoms with Crippen molar-refractivity contribution in [3.63, 3.8) is 0 Å². The maximum absolute atomic E-state index is 13.5. The normalized spacial score (nSPS) is 14.3. The highest BCUT2D eigenvalue weighted by Gasteiger charge is 2.54. The van der Waals surface area contributed by atoms with Crippen molar-refractivity contribution in [1.82, 2.24) is 15.0 Å². The van der Waals surface area contributed by atoms with Crippen LogP contribution < -0.4 is 5.32 Å². The molecule has 0 saturated carbocycles. The topological polar surface area (TPSA) is 70.9 Å². The Kier molecular flexibility index (Phi) is 4.06. The fourth-order valence-electron chi connectivity index (χ4n) is 2.34. The van der Waals surface area contributed by atoms with Crippen molar-refractivity contribution in [3.05, 3.63) is 60.7 Å². The minimum Gasteiger partial charge on any atom is -0.375 e. The van der Waals surface area contributed by atoms with Crippen LogP contribution in [0, 0.1) is 0 Å². The van der Waals surface area contributed by atoms with Crippen LogP contribution in [0.3, 0.4) is 0 Å². The molecule has 1 atom stereocenters. The highest BCUT2D eigenvalue weighted by atomic mass is 19.4. The fraction of sp³-hybridized carbons (Fsp3) is 0.188. The molecule has 8 heteroatoms. The lowest BCUT2D eigenvalue weighted by Crippen LogP contribution is -2.47. The SMILES string of the molecule is OC(CNc1ncnc2cnccc12)(c1ccccc1)C(F)(F)F. The zero-order valence-electron chi connectivity index (χ0n) is 12.3. The van der Waals surface area contributed by atoms with Gasteiger partial charge in [0.05, 0.1) is 18.3 Å². The van der Waals surface area contributed by atoms with Gasteiger partial charge in [0.15, 0.2) is 0 Å². The predicted octanol–water partition coefficient (Wildman–Crippen LogP) is 2.89. The Morgan fingerprint density at radius 2 is 1.79 bits per heavy atom. The van der Waals surface area contributed by atoms with Crippen LogP contribution >= 0.6 is 0 Å². The second kappa shape index (κ2) is 6.04. The van der Waals surface area contributed by atoms with Crippen LogP contribution in [0.25, 0.3) is 10.9 Å². The van der Waals surface area contributed by atoms with Crippen LogP contribution in [0.1, 0.15) is 5.56 Å². The number of fused-ring (bicyclic) bond motifs is 1. The lowest BCUT2D eigenvalue weighted by molar-refractivity contribution is -0.260. The van der Waals surface area contributed by atoms with Crippen LogP contribution in [-0.2, 0) is 5.60 Å². The molecular weight excluding hydrogens is 321 g/mol. The van der Waals surface area contributed by atoms with E-state index in [2.05, 4.69) is 20.3 Å². The quantitative estimate of drug-likeness (QED) is 0.768. The monoisotopic (exact) mass is 334 g/mol. The summed E-state index contributed by atoms with van der Waals surface area (Å²) >= 11 is 0. The molecule has 124 valence electrons. The number of hydrogen-bond acceptors (Lipinski definition) is 5. The lowest BCUT2D eigenvalue weighted by atomic mass is 9.93. The van der Waals surface area contributed by atoms with Gasteiger partial charge in [0.25, 0.3) is 0 Å².